The molecule has 4 heteroatoms. The van der Waals surface area contributed by atoms with Crippen molar-refractivity contribution in [3.63, 3.8) is 0 Å². The molecular weight excluding hydrogens is 374 g/mol. The van der Waals surface area contributed by atoms with E-state index in [9.17, 15) is 0 Å². The largest absolute Gasteiger partial charge is 0.467 e. The Hall–Kier alpha value is -1.58. The number of rotatable bonds is 4. The van der Waals surface area contributed by atoms with E-state index in [0.29, 0.717) is 23.1 Å². The summed E-state index contributed by atoms with van der Waals surface area (Å²) in [6.07, 6.45) is 7.67. The van der Waals surface area contributed by atoms with Crippen LogP contribution in [0.4, 0.5) is 0 Å². The zero-order valence-electron chi connectivity index (χ0n) is 15.5. The Morgan fingerprint density at radius 1 is 1.04 bits per heavy atom. The van der Waals surface area contributed by atoms with E-state index in [2.05, 4.69) is 35.6 Å². The highest BCUT2D eigenvalue weighted by molar-refractivity contribution is 7.80. The minimum atomic E-state index is 0.272. The van der Waals surface area contributed by atoms with Crippen LogP contribution in [0.5, 0.6) is 0 Å². The third kappa shape index (κ3) is 4.30. The van der Waals surface area contributed by atoms with Crippen molar-refractivity contribution in [2.24, 2.45) is 5.41 Å². The summed E-state index contributed by atoms with van der Waals surface area (Å²) in [6, 6.07) is 18.8. The lowest BCUT2D eigenvalue weighted by atomic mass is 9.56. The Labute approximate surface area is 172 Å². The monoisotopic (exact) mass is 399 g/mol. The van der Waals surface area contributed by atoms with Crippen molar-refractivity contribution in [1.82, 2.24) is 5.32 Å². The summed E-state index contributed by atoms with van der Waals surface area (Å²) in [7, 11) is 0. The van der Waals surface area contributed by atoms with Crippen molar-refractivity contribution in [2.75, 3.05) is 0 Å². The van der Waals surface area contributed by atoms with E-state index in [-0.39, 0.29) is 6.10 Å². The highest BCUT2D eigenvalue weighted by atomic mass is 35.5. The van der Waals surface area contributed by atoms with Gasteiger partial charge in [0.1, 0.15) is 6.10 Å². The van der Waals surface area contributed by atoms with Gasteiger partial charge in [-0.15, -0.1) is 0 Å². The maximum absolute atomic E-state index is 6.16. The molecule has 2 aromatic carbocycles. The molecule has 1 spiro atoms. The van der Waals surface area contributed by atoms with Gasteiger partial charge in [0.15, 0.2) is 0 Å². The van der Waals surface area contributed by atoms with Crippen LogP contribution in [0.3, 0.4) is 0 Å². The first-order valence-electron chi connectivity index (χ1n) is 9.88. The normalized spacial score (nSPS) is 27.0. The minimum Gasteiger partial charge on any atom is -0.467 e. The summed E-state index contributed by atoms with van der Waals surface area (Å²) >= 11 is 11.5. The number of nitrogens with one attached hydrogen (secondary N) is 1. The first-order chi connectivity index (χ1) is 13.1. The van der Waals surface area contributed by atoms with E-state index in [1.165, 1.54) is 37.7 Å². The van der Waals surface area contributed by atoms with Gasteiger partial charge in [-0.3, -0.25) is 0 Å². The molecule has 1 atom stereocenters. The Kier molecular flexibility index (Phi) is 5.70. The molecule has 2 saturated carbocycles. The maximum Gasteiger partial charge on any atom is 0.257 e. The molecule has 0 unspecified atom stereocenters. The van der Waals surface area contributed by atoms with Crippen LogP contribution >= 0.6 is 23.8 Å². The minimum absolute atomic E-state index is 0.272. The summed E-state index contributed by atoms with van der Waals surface area (Å²) in [4.78, 5) is 0. The van der Waals surface area contributed by atoms with E-state index < -0.39 is 0 Å². The van der Waals surface area contributed by atoms with Crippen molar-refractivity contribution >= 4 is 29.0 Å². The summed E-state index contributed by atoms with van der Waals surface area (Å²) in [5, 5.41) is 4.49. The van der Waals surface area contributed by atoms with Crippen LogP contribution in [0.15, 0.2) is 54.6 Å². The number of ether oxygens (including phenoxy) is 1. The van der Waals surface area contributed by atoms with Gasteiger partial charge in [0.2, 0.25) is 0 Å². The van der Waals surface area contributed by atoms with Gasteiger partial charge in [0.05, 0.1) is 0 Å². The molecule has 27 heavy (non-hydrogen) atoms. The van der Waals surface area contributed by atoms with Gasteiger partial charge in [0.25, 0.3) is 5.17 Å². The first-order valence-corrected chi connectivity index (χ1v) is 10.7. The molecule has 0 amide bonds. The molecule has 0 saturated heterocycles. The smallest absolute Gasteiger partial charge is 0.257 e. The molecule has 2 aromatic rings. The highest BCUT2D eigenvalue weighted by Crippen LogP contribution is 2.55. The van der Waals surface area contributed by atoms with Crippen LogP contribution in [0.1, 0.15) is 55.6 Å². The molecule has 2 aliphatic carbocycles. The van der Waals surface area contributed by atoms with E-state index in [0.717, 1.165) is 17.0 Å². The van der Waals surface area contributed by atoms with E-state index in [1.54, 1.807) is 0 Å². The molecule has 2 nitrogen and oxygen atoms in total. The standard InChI is InChI=1S/C23H26ClNOS/c24-20-8-4-5-17(15-20)16-25-22(27)26-21-11-14-23(21)12-9-19(10-13-23)18-6-2-1-3-7-18/h1-8,15,19,21H,9-14,16H2,(H,25,27)/t19?,21-,23?/m0/s1. The number of halogens is 1. The fraction of sp³-hybridized carbons (Fsp3) is 0.435. The topological polar surface area (TPSA) is 21.3 Å². The number of hydrogen-bond acceptors (Lipinski definition) is 2. The van der Waals surface area contributed by atoms with Gasteiger partial charge >= 0.3 is 0 Å². The lowest BCUT2D eigenvalue weighted by Crippen LogP contribution is -2.50. The summed E-state index contributed by atoms with van der Waals surface area (Å²) < 4.78 is 6.16. The van der Waals surface area contributed by atoms with Gasteiger partial charge < -0.3 is 10.1 Å². The van der Waals surface area contributed by atoms with Gasteiger partial charge in [-0.1, -0.05) is 54.1 Å². The molecule has 0 radical (unpaired) electrons. The average Bonchev–Trinajstić information content (AvgIpc) is 2.70. The third-order valence-electron chi connectivity index (χ3n) is 6.41. The highest BCUT2D eigenvalue weighted by Gasteiger charge is 2.50. The molecule has 142 valence electrons. The maximum atomic E-state index is 6.16. The summed E-state index contributed by atoms with van der Waals surface area (Å²) in [5.41, 5.74) is 2.94. The molecule has 1 N–H and O–H groups in total. The van der Waals surface area contributed by atoms with Crippen molar-refractivity contribution < 1.29 is 4.74 Å². The fourth-order valence-electron chi connectivity index (χ4n) is 4.67. The van der Waals surface area contributed by atoms with Crippen LogP contribution in [0.25, 0.3) is 0 Å². The van der Waals surface area contributed by atoms with Crippen LogP contribution < -0.4 is 5.32 Å². The quantitative estimate of drug-likeness (QED) is 0.615. The van der Waals surface area contributed by atoms with Gasteiger partial charge in [0, 0.05) is 17.0 Å². The lowest BCUT2D eigenvalue weighted by Gasteiger charge is -2.52. The van der Waals surface area contributed by atoms with Crippen LogP contribution in [0, 0.1) is 5.41 Å². The van der Waals surface area contributed by atoms with Crippen molar-refractivity contribution in [2.45, 2.75) is 57.1 Å². The second-order valence-corrected chi connectivity index (χ2v) is 8.77. The molecule has 2 fully saturated rings. The summed E-state index contributed by atoms with van der Waals surface area (Å²) in [6.45, 7) is 0.648. The van der Waals surface area contributed by atoms with Crippen LogP contribution in [0.2, 0.25) is 5.02 Å². The van der Waals surface area contributed by atoms with Crippen LogP contribution in [-0.2, 0) is 11.3 Å². The second-order valence-electron chi connectivity index (χ2n) is 7.96. The third-order valence-corrected chi connectivity index (χ3v) is 6.89. The second kappa shape index (κ2) is 8.20. The van der Waals surface area contributed by atoms with Gasteiger partial charge in [-0.25, -0.2) is 0 Å². The Balaban J connectivity index is 1.27. The van der Waals surface area contributed by atoms with Crippen molar-refractivity contribution in [3.05, 3.63) is 70.7 Å². The number of thiocarbonyl (C=S) groups is 1. The molecule has 0 heterocycles. The Morgan fingerprint density at radius 2 is 1.78 bits per heavy atom. The number of hydrogen-bond donors (Lipinski definition) is 1. The average molecular weight is 400 g/mol. The van der Waals surface area contributed by atoms with Gasteiger partial charge in [-0.2, -0.15) is 0 Å². The predicted octanol–water partition coefficient (Wildman–Crippen LogP) is 6.24. The Morgan fingerprint density at radius 3 is 2.44 bits per heavy atom. The number of benzene rings is 2. The Bertz CT molecular complexity index is 786. The zero-order chi connectivity index (χ0) is 18.7. The molecule has 0 aromatic heterocycles. The summed E-state index contributed by atoms with van der Waals surface area (Å²) in [5.74, 6) is 0.700. The van der Waals surface area contributed by atoms with Crippen molar-refractivity contribution in [3.8, 4) is 0 Å². The SMILES string of the molecule is S=C(NCc1cccc(Cl)c1)O[C@H]1CCC12CCC(c1ccccc1)CC2. The molecule has 2 aliphatic rings. The van der Waals surface area contributed by atoms with E-state index in [1.807, 2.05) is 24.3 Å². The van der Waals surface area contributed by atoms with E-state index >= 15 is 0 Å². The molecule has 0 bridgehead atoms. The lowest BCUT2D eigenvalue weighted by molar-refractivity contribution is -0.0809. The predicted molar refractivity (Wildman–Crippen MR) is 115 cm³/mol. The fourth-order valence-corrected chi connectivity index (χ4v) is 5.07. The van der Waals surface area contributed by atoms with Gasteiger partial charge in [-0.05, 0) is 79.9 Å². The van der Waals surface area contributed by atoms with Crippen molar-refractivity contribution in [1.29, 1.82) is 0 Å². The molecule has 0 aliphatic heterocycles. The molecular formula is C23H26ClNOS. The zero-order valence-corrected chi connectivity index (χ0v) is 17.1. The van der Waals surface area contributed by atoms with Crippen LogP contribution in [-0.4, -0.2) is 11.3 Å². The first kappa shape index (κ1) is 18.8. The van der Waals surface area contributed by atoms with E-state index in [4.69, 9.17) is 28.6 Å². The molecule has 4 rings (SSSR count).